The molecule has 0 bridgehead atoms. The molecule has 2 N–H and O–H groups in total. The van der Waals surface area contributed by atoms with Crippen LogP contribution in [0.25, 0.3) is 11.3 Å². The van der Waals surface area contributed by atoms with Gasteiger partial charge < -0.3 is 10.3 Å². The van der Waals surface area contributed by atoms with Crippen molar-refractivity contribution in [3.63, 3.8) is 0 Å². The summed E-state index contributed by atoms with van der Waals surface area (Å²) in [5.74, 6) is -0.131. The van der Waals surface area contributed by atoms with E-state index in [1.54, 1.807) is 30.5 Å². The first kappa shape index (κ1) is 19.4. The Morgan fingerprint density at radius 1 is 1.11 bits per heavy atom. The number of carbonyl (C=O) groups is 2. The van der Waals surface area contributed by atoms with Crippen LogP contribution in [0.15, 0.2) is 64.4 Å². The van der Waals surface area contributed by atoms with Crippen molar-refractivity contribution in [1.29, 1.82) is 0 Å². The van der Waals surface area contributed by atoms with Crippen LogP contribution >= 0.6 is 27.7 Å². The molecule has 1 aromatic heterocycles. The molecule has 1 heterocycles. The van der Waals surface area contributed by atoms with Gasteiger partial charge in [0.1, 0.15) is 0 Å². The summed E-state index contributed by atoms with van der Waals surface area (Å²) in [6, 6.07) is 14.8. The highest BCUT2D eigenvalue weighted by Crippen LogP contribution is 2.26. The fourth-order valence-electron chi connectivity index (χ4n) is 2.39. The molecule has 0 unspecified atom stereocenters. The van der Waals surface area contributed by atoms with Gasteiger partial charge in [-0.3, -0.25) is 9.59 Å². The summed E-state index contributed by atoms with van der Waals surface area (Å²) >= 11 is 4.77. The van der Waals surface area contributed by atoms with Gasteiger partial charge in [0.15, 0.2) is 10.9 Å². The van der Waals surface area contributed by atoms with Gasteiger partial charge >= 0.3 is 0 Å². The molecule has 1 atom stereocenters. The van der Waals surface area contributed by atoms with Gasteiger partial charge in [0.2, 0.25) is 5.91 Å². The van der Waals surface area contributed by atoms with E-state index in [0.717, 1.165) is 15.7 Å². The number of anilines is 1. The van der Waals surface area contributed by atoms with E-state index >= 15 is 0 Å². The van der Waals surface area contributed by atoms with Gasteiger partial charge in [0.25, 0.3) is 0 Å². The van der Waals surface area contributed by atoms with Gasteiger partial charge in [0.05, 0.1) is 17.1 Å². The number of benzene rings is 2. The Hall–Kier alpha value is -2.38. The van der Waals surface area contributed by atoms with Gasteiger partial charge in [-0.25, -0.2) is 4.98 Å². The largest absolute Gasteiger partial charge is 0.333 e. The van der Waals surface area contributed by atoms with E-state index in [0.29, 0.717) is 16.4 Å². The average molecular weight is 444 g/mol. The van der Waals surface area contributed by atoms with Crippen LogP contribution in [0.4, 0.5) is 5.69 Å². The first-order valence-corrected chi connectivity index (χ1v) is 9.99. The molecular weight excluding hydrogens is 426 g/mol. The van der Waals surface area contributed by atoms with Crippen LogP contribution in [-0.4, -0.2) is 26.9 Å². The molecule has 0 spiro atoms. The van der Waals surface area contributed by atoms with E-state index in [1.165, 1.54) is 18.7 Å². The molecule has 0 radical (unpaired) electrons. The Morgan fingerprint density at radius 3 is 2.41 bits per heavy atom. The maximum Gasteiger partial charge on any atom is 0.237 e. The van der Waals surface area contributed by atoms with Crippen LogP contribution in [0, 0.1) is 0 Å². The normalized spacial score (nSPS) is 11.8. The summed E-state index contributed by atoms with van der Waals surface area (Å²) in [6.45, 7) is 3.34. The van der Waals surface area contributed by atoms with Crippen LogP contribution in [0.3, 0.4) is 0 Å². The minimum Gasteiger partial charge on any atom is -0.333 e. The van der Waals surface area contributed by atoms with Crippen molar-refractivity contribution in [3.05, 3.63) is 64.8 Å². The second-order valence-electron chi connectivity index (χ2n) is 5.99. The average Bonchev–Trinajstić information content (AvgIpc) is 3.11. The number of imidazole rings is 1. The van der Waals surface area contributed by atoms with Crippen molar-refractivity contribution >= 4 is 45.1 Å². The zero-order valence-electron chi connectivity index (χ0n) is 14.8. The number of aromatic nitrogens is 2. The van der Waals surface area contributed by atoms with Crippen LogP contribution < -0.4 is 5.32 Å². The molecule has 3 rings (SSSR count). The zero-order chi connectivity index (χ0) is 19.4. The number of nitrogens with zero attached hydrogens (tertiary/aromatic N) is 1. The maximum atomic E-state index is 12.4. The molecule has 0 aliphatic heterocycles. The number of hydrogen-bond donors (Lipinski definition) is 2. The second-order valence-corrected chi connectivity index (χ2v) is 8.24. The number of aromatic amines is 1. The number of Topliss-reactive ketones (excluding diaryl/α,β-unsaturated/α-hetero) is 1. The fourth-order valence-corrected chi connectivity index (χ4v) is 3.44. The summed E-state index contributed by atoms with van der Waals surface area (Å²) in [4.78, 5) is 31.3. The lowest BCUT2D eigenvalue weighted by Crippen LogP contribution is -2.22. The molecule has 0 saturated heterocycles. The van der Waals surface area contributed by atoms with E-state index in [-0.39, 0.29) is 16.9 Å². The second kappa shape index (κ2) is 8.54. The molecule has 1 amide bonds. The van der Waals surface area contributed by atoms with E-state index in [2.05, 4.69) is 31.2 Å². The number of H-pyrrole nitrogens is 1. The lowest BCUT2D eigenvalue weighted by atomic mass is 10.1. The minimum atomic E-state index is -0.332. The van der Waals surface area contributed by atoms with Crippen LogP contribution in [0.5, 0.6) is 0 Å². The minimum absolute atomic E-state index is 0.00352. The Balaban J connectivity index is 1.61. The van der Waals surface area contributed by atoms with Crippen LogP contribution in [-0.2, 0) is 4.79 Å². The number of amides is 1. The van der Waals surface area contributed by atoms with Crippen molar-refractivity contribution in [2.75, 3.05) is 5.32 Å². The number of nitrogens with one attached hydrogen (secondary N) is 2. The molecular formula is C20H18BrN3O2S. The lowest BCUT2D eigenvalue weighted by Gasteiger charge is -2.11. The summed E-state index contributed by atoms with van der Waals surface area (Å²) in [6.07, 6.45) is 1.76. The molecule has 5 nitrogen and oxygen atoms in total. The summed E-state index contributed by atoms with van der Waals surface area (Å²) in [5.41, 5.74) is 3.21. The van der Waals surface area contributed by atoms with Gasteiger partial charge in [-0.05, 0) is 55.8 Å². The first-order valence-electron chi connectivity index (χ1n) is 8.32. The highest BCUT2D eigenvalue weighted by atomic mass is 79.9. The van der Waals surface area contributed by atoms with Crippen LogP contribution in [0.1, 0.15) is 24.2 Å². The Bertz CT molecular complexity index is 952. The van der Waals surface area contributed by atoms with Gasteiger partial charge in [-0.15, -0.1) is 0 Å². The Morgan fingerprint density at radius 2 is 1.78 bits per heavy atom. The van der Waals surface area contributed by atoms with Gasteiger partial charge in [-0.1, -0.05) is 39.8 Å². The quantitative estimate of drug-likeness (QED) is 0.407. The molecule has 0 saturated carbocycles. The number of carbonyl (C=O) groups excluding carboxylic acids is 2. The molecule has 0 fully saturated rings. The Labute approximate surface area is 170 Å². The van der Waals surface area contributed by atoms with Crippen molar-refractivity contribution in [2.24, 2.45) is 0 Å². The summed E-state index contributed by atoms with van der Waals surface area (Å²) in [5, 5.41) is 3.21. The van der Waals surface area contributed by atoms with Crippen molar-refractivity contribution in [3.8, 4) is 11.3 Å². The predicted molar refractivity (Wildman–Crippen MR) is 112 cm³/mol. The van der Waals surface area contributed by atoms with Gasteiger partial charge in [-0.2, -0.15) is 0 Å². The molecule has 0 aliphatic rings. The Kier molecular flexibility index (Phi) is 6.13. The summed E-state index contributed by atoms with van der Waals surface area (Å²) < 4.78 is 1.02. The van der Waals surface area contributed by atoms with E-state index in [4.69, 9.17) is 0 Å². The molecule has 3 aromatic rings. The molecule has 2 aromatic carbocycles. The predicted octanol–water partition coefficient (Wildman–Crippen LogP) is 5.16. The fraction of sp³-hybridized carbons (Fsp3) is 0.150. The lowest BCUT2D eigenvalue weighted by molar-refractivity contribution is -0.115. The highest BCUT2D eigenvalue weighted by molar-refractivity contribution is 9.10. The number of thioether (sulfide) groups is 1. The number of halogens is 1. The topological polar surface area (TPSA) is 74.8 Å². The maximum absolute atomic E-state index is 12.4. The number of ketones is 1. The number of hydrogen-bond acceptors (Lipinski definition) is 4. The third-order valence-electron chi connectivity index (χ3n) is 3.92. The monoisotopic (exact) mass is 443 g/mol. The van der Waals surface area contributed by atoms with Crippen molar-refractivity contribution < 1.29 is 9.59 Å². The van der Waals surface area contributed by atoms with E-state index < -0.39 is 0 Å². The van der Waals surface area contributed by atoms with Crippen molar-refractivity contribution in [1.82, 2.24) is 9.97 Å². The standard InChI is InChI=1S/C20H18BrN3O2S/c1-12(25)14-5-9-17(10-6-14)23-19(26)13(2)27-20-22-11-18(24-20)15-3-7-16(21)8-4-15/h3-11,13H,1-2H3,(H,22,24)(H,23,26)/t13-/m0/s1. The first-order chi connectivity index (χ1) is 12.9. The third kappa shape index (κ3) is 5.08. The molecule has 27 heavy (non-hydrogen) atoms. The number of rotatable bonds is 6. The SMILES string of the molecule is CC(=O)c1ccc(NC(=O)[C@H](C)Sc2ncc(-c3ccc(Br)cc3)[nH]2)cc1. The molecule has 7 heteroatoms. The molecule has 0 aliphatic carbocycles. The smallest absolute Gasteiger partial charge is 0.237 e. The van der Waals surface area contributed by atoms with Crippen molar-refractivity contribution in [2.45, 2.75) is 24.3 Å². The highest BCUT2D eigenvalue weighted by Gasteiger charge is 2.17. The van der Waals surface area contributed by atoms with E-state index in [1.807, 2.05) is 31.2 Å². The molecule has 138 valence electrons. The van der Waals surface area contributed by atoms with Crippen LogP contribution in [0.2, 0.25) is 0 Å². The van der Waals surface area contributed by atoms with Gasteiger partial charge in [0, 0.05) is 15.7 Å². The van der Waals surface area contributed by atoms with E-state index in [9.17, 15) is 9.59 Å². The zero-order valence-corrected chi connectivity index (χ0v) is 17.2. The summed E-state index contributed by atoms with van der Waals surface area (Å²) in [7, 11) is 0. The third-order valence-corrected chi connectivity index (χ3v) is 5.45.